The molecular weight excluding hydrogens is 312 g/mol. The number of quaternary nitrogens is 1. The predicted octanol–water partition coefficient (Wildman–Crippen LogP) is 2.23. The average molecular weight is 341 g/mol. The Bertz CT molecular complexity index is 722. The molecule has 1 heterocycles. The first-order chi connectivity index (χ1) is 12.1. The third-order valence-corrected chi connectivity index (χ3v) is 5.11. The fourth-order valence-corrected chi connectivity index (χ4v) is 3.57. The fourth-order valence-electron chi connectivity index (χ4n) is 3.57. The maximum Gasteiger partial charge on any atom is 0.131 e. The predicted molar refractivity (Wildman–Crippen MR) is 102 cm³/mol. The molecule has 0 radical (unpaired) electrons. The van der Waals surface area contributed by atoms with E-state index < -0.39 is 0 Å². The Morgan fingerprint density at radius 1 is 0.960 bits per heavy atom. The van der Waals surface area contributed by atoms with E-state index in [1.807, 2.05) is 12.1 Å². The first-order valence-electron chi connectivity index (χ1n) is 8.97. The van der Waals surface area contributed by atoms with Crippen LogP contribution in [0.1, 0.15) is 16.7 Å². The summed E-state index contributed by atoms with van der Waals surface area (Å²) in [5.74, 6) is 1.76. The average Bonchev–Trinajstić information content (AvgIpc) is 2.64. The van der Waals surface area contributed by atoms with Crippen LogP contribution >= 0.6 is 0 Å². The maximum absolute atomic E-state index is 5.54. The van der Waals surface area contributed by atoms with Gasteiger partial charge in [-0.2, -0.15) is 0 Å². The molecule has 2 aromatic rings. The van der Waals surface area contributed by atoms with Crippen LogP contribution in [-0.2, 0) is 6.54 Å². The lowest BCUT2D eigenvalue weighted by Crippen LogP contribution is -3.13. The summed E-state index contributed by atoms with van der Waals surface area (Å²) < 4.78 is 10.8. The molecule has 0 amide bonds. The van der Waals surface area contributed by atoms with Crippen molar-refractivity contribution in [1.82, 2.24) is 0 Å². The Labute approximate surface area is 151 Å². The molecule has 3 rings (SSSR count). The van der Waals surface area contributed by atoms with Crippen molar-refractivity contribution in [3.05, 3.63) is 53.1 Å². The number of rotatable bonds is 5. The molecule has 25 heavy (non-hydrogen) atoms. The van der Waals surface area contributed by atoms with Crippen molar-refractivity contribution in [3.63, 3.8) is 0 Å². The number of anilines is 1. The van der Waals surface area contributed by atoms with Crippen molar-refractivity contribution in [3.8, 4) is 11.5 Å². The molecule has 0 aromatic heterocycles. The minimum Gasteiger partial charge on any atom is -0.497 e. The van der Waals surface area contributed by atoms with Crippen LogP contribution in [0.5, 0.6) is 11.5 Å². The van der Waals surface area contributed by atoms with Gasteiger partial charge in [0, 0.05) is 17.3 Å². The number of benzene rings is 2. The number of methoxy groups -OCH3 is 2. The summed E-state index contributed by atoms with van der Waals surface area (Å²) in [7, 11) is 3.41. The second-order valence-electron chi connectivity index (χ2n) is 6.88. The lowest BCUT2D eigenvalue weighted by molar-refractivity contribution is -0.914. The third kappa shape index (κ3) is 4.07. The van der Waals surface area contributed by atoms with Gasteiger partial charge < -0.3 is 19.3 Å². The quantitative estimate of drug-likeness (QED) is 0.903. The Kier molecular flexibility index (Phi) is 5.49. The Balaban J connectivity index is 1.64. The normalized spacial score (nSPS) is 15.3. The van der Waals surface area contributed by atoms with Gasteiger partial charge in [-0.1, -0.05) is 12.1 Å². The fraction of sp³-hybridized carbons (Fsp3) is 0.429. The van der Waals surface area contributed by atoms with Gasteiger partial charge in [-0.25, -0.2) is 0 Å². The highest BCUT2D eigenvalue weighted by molar-refractivity contribution is 5.55. The number of ether oxygens (including phenoxy) is 2. The summed E-state index contributed by atoms with van der Waals surface area (Å²) in [6, 6.07) is 12.8. The van der Waals surface area contributed by atoms with Crippen molar-refractivity contribution >= 4 is 5.69 Å². The SMILES string of the molecule is COc1ccc(C[NH+]2CCN(c3cc(C)ccc3C)CC2)c(OC)c1. The van der Waals surface area contributed by atoms with Crippen LogP contribution in [0.4, 0.5) is 5.69 Å². The smallest absolute Gasteiger partial charge is 0.131 e. The molecule has 134 valence electrons. The van der Waals surface area contributed by atoms with E-state index in [4.69, 9.17) is 9.47 Å². The minimum absolute atomic E-state index is 0.843. The third-order valence-electron chi connectivity index (χ3n) is 5.11. The zero-order chi connectivity index (χ0) is 17.8. The molecule has 0 atom stereocenters. The molecule has 0 aliphatic carbocycles. The molecule has 1 fully saturated rings. The Hall–Kier alpha value is -2.20. The van der Waals surface area contributed by atoms with E-state index in [1.165, 1.54) is 22.4 Å². The highest BCUT2D eigenvalue weighted by Gasteiger charge is 2.22. The zero-order valence-electron chi connectivity index (χ0n) is 15.8. The standard InChI is InChI=1S/C21H28N2O2/c1-16-5-6-17(2)20(13-16)23-11-9-22(10-12-23)15-18-7-8-19(24-3)14-21(18)25-4/h5-8,13-14H,9-12,15H2,1-4H3/p+1. The first kappa shape index (κ1) is 17.6. The van der Waals surface area contributed by atoms with Crippen LogP contribution in [0.3, 0.4) is 0 Å². The van der Waals surface area contributed by atoms with E-state index in [0.29, 0.717) is 0 Å². The summed E-state index contributed by atoms with van der Waals surface area (Å²) in [6.07, 6.45) is 0. The molecule has 1 saturated heterocycles. The zero-order valence-corrected chi connectivity index (χ0v) is 15.8. The van der Waals surface area contributed by atoms with Crippen molar-refractivity contribution in [2.45, 2.75) is 20.4 Å². The van der Waals surface area contributed by atoms with Gasteiger partial charge in [0.2, 0.25) is 0 Å². The van der Waals surface area contributed by atoms with Gasteiger partial charge in [0.15, 0.2) is 0 Å². The molecule has 0 bridgehead atoms. The van der Waals surface area contributed by atoms with E-state index in [1.54, 1.807) is 19.1 Å². The van der Waals surface area contributed by atoms with E-state index in [0.717, 1.165) is 44.2 Å². The minimum atomic E-state index is 0.843. The summed E-state index contributed by atoms with van der Waals surface area (Å²) in [5, 5.41) is 0. The topological polar surface area (TPSA) is 26.1 Å². The van der Waals surface area contributed by atoms with Crippen LogP contribution in [0.15, 0.2) is 36.4 Å². The molecule has 4 nitrogen and oxygen atoms in total. The van der Waals surface area contributed by atoms with Crippen LogP contribution < -0.4 is 19.3 Å². The van der Waals surface area contributed by atoms with Gasteiger partial charge in [-0.15, -0.1) is 0 Å². The number of aryl methyl sites for hydroxylation is 2. The van der Waals surface area contributed by atoms with Crippen LogP contribution in [0, 0.1) is 13.8 Å². The van der Waals surface area contributed by atoms with Gasteiger partial charge in [0.25, 0.3) is 0 Å². The molecule has 1 aliphatic heterocycles. The summed E-state index contributed by atoms with van der Waals surface area (Å²) in [6.45, 7) is 9.84. The van der Waals surface area contributed by atoms with Gasteiger partial charge in [-0.05, 0) is 43.2 Å². The molecule has 2 aromatic carbocycles. The second kappa shape index (κ2) is 7.79. The highest BCUT2D eigenvalue weighted by atomic mass is 16.5. The number of hydrogen-bond acceptors (Lipinski definition) is 3. The summed E-state index contributed by atoms with van der Waals surface area (Å²) >= 11 is 0. The molecule has 0 unspecified atom stereocenters. The van der Waals surface area contributed by atoms with Crippen molar-refractivity contribution in [1.29, 1.82) is 0 Å². The number of hydrogen-bond donors (Lipinski definition) is 1. The second-order valence-corrected chi connectivity index (χ2v) is 6.88. The summed E-state index contributed by atoms with van der Waals surface area (Å²) in [5.41, 5.74) is 5.34. The highest BCUT2D eigenvalue weighted by Crippen LogP contribution is 2.24. The molecule has 1 aliphatic rings. The molecule has 0 saturated carbocycles. The number of nitrogens with one attached hydrogen (secondary N) is 1. The largest absolute Gasteiger partial charge is 0.497 e. The number of piperazine rings is 1. The maximum atomic E-state index is 5.54. The van der Waals surface area contributed by atoms with Crippen LogP contribution in [0.25, 0.3) is 0 Å². The van der Waals surface area contributed by atoms with Crippen molar-refractivity contribution in [2.24, 2.45) is 0 Å². The summed E-state index contributed by atoms with van der Waals surface area (Å²) in [4.78, 5) is 4.13. The van der Waals surface area contributed by atoms with Gasteiger partial charge >= 0.3 is 0 Å². The molecule has 0 spiro atoms. The van der Waals surface area contributed by atoms with E-state index >= 15 is 0 Å². The Morgan fingerprint density at radius 2 is 1.72 bits per heavy atom. The van der Waals surface area contributed by atoms with Gasteiger partial charge in [0.1, 0.15) is 18.0 Å². The lowest BCUT2D eigenvalue weighted by Gasteiger charge is -2.34. The van der Waals surface area contributed by atoms with Gasteiger partial charge in [0.05, 0.1) is 40.4 Å². The number of nitrogens with zero attached hydrogens (tertiary/aromatic N) is 1. The molecule has 4 heteroatoms. The van der Waals surface area contributed by atoms with Crippen LogP contribution in [-0.4, -0.2) is 40.4 Å². The monoisotopic (exact) mass is 341 g/mol. The van der Waals surface area contributed by atoms with E-state index in [-0.39, 0.29) is 0 Å². The van der Waals surface area contributed by atoms with Crippen molar-refractivity contribution in [2.75, 3.05) is 45.3 Å². The van der Waals surface area contributed by atoms with Crippen molar-refractivity contribution < 1.29 is 14.4 Å². The first-order valence-corrected chi connectivity index (χ1v) is 8.97. The van der Waals surface area contributed by atoms with E-state index in [9.17, 15) is 0 Å². The molecule has 1 N–H and O–H groups in total. The van der Waals surface area contributed by atoms with E-state index in [2.05, 4.69) is 43.0 Å². The van der Waals surface area contributed by atoms with Gasteiger partial charge in [-0.3, -0.25) is 0 Å². The Morgan fingerprint density at radius 3 is 2.40 bits per heavy atom. The lowest BCUT2D eigenvalue weighted by atomic mass is 10.1. The van der Waals surface area contributed by atoms with Crippen LogP contribution in [0.2, 0.25) is 0 Å². The molecular formula is C21H29N2O2+.